The van der Waals surface area contributed by atoms with Crippen molar-refractivity contribution in [3.8, 4) is 0 Å². The summed E-state index contributed by atoms with van der Waals surface area (Å²) in [6, 6.07) is 0. The van der Waals surface area contributed by atoms with Gasteiger partial charge in [0.05, 0.1) is 6.33 Å². The molecule has 3 N–H and O–H groups in total. The second kappa shape index (κ2) is 5.09. The third kappa shape index (κ3) is 3.05. The van der Waals surface area contributed by atoms with Gasteiger partial charge in [0.15, 0.2) is 11.5 Å². The van der Waals surface area contributed by atoms with Crippen molar-refractivity contribution in [2.45, 2.75) is 20.8 Å². The van der Waals surface area contributed by atoms with Gasteiger partial charge in [0, 0.05) is 0 Å². The molecule has 0 aliphatic carbocycles. The summed E-state index contributed by atoms with van der Waals surface area (Å²) in [4.78, 5) is 14.4. The Morgan fingerprint density at radius 3 is 2.53 bits per heavy atom. The first-order chi connectivity index (χ1) is 7.15. The summed E-state index contributed by atoms with van der Waals surface area (Å²) in [5.41, 5.74) is 8.16. The fourth-order valence-corrected chi connectivity index (χ4v) is 0.784. The molecule has 0 aliphatic heterocycles. The van der Waals surface area contributed by atoms with Crippen LogP contribution in [-0.2, 0) is 0 Å². The molecule has 0 atom stereocenters. The highest BCUT2D eigenvalue weighted by Gasteiger charge is 1.99. The number of nitrogens with one attached hydrogen (secondary N) is 1. The molecule has 0 bridgehead atoms. The molecule has 2 rings (SSSR count). The average Bonchev–Trinajstić information content (AvgIpc) is 2.68. The highest BCUT2D eigenvalue weighted by molar-refractivity contribution is 5.80. The zero-order valence-corrected chi connectivity index (χ0v) is 9.15. The summed E-state index contributed by atoms with van der Waals surface area (Å²) in [5.74, 6) is 0.433. The molecule has 0 amide bonds. The number of hydrogen-bond acceptors (Lipinski definition) is 4. The molecule has 80 valence electrons. The standard InChI is InChI=1S/C5H5N5.C5H10/c6-4-3-5(9-1-7-3)10-2-8-4;1-4-5(2)3/h1-2H,(H3,6,7,8,9,10);4H,1-3H3. The maximum atomic E-state index is 5.48. The fourth-order valence-electron chi connectivity index (χ4n) is 0.784. The number of hydrogen-bond donors (Lipinski definition) is 2. The number of anilines is 1. The Labute approximate surface area is 88.5 Å². The lowest BCUT2D eigenvalue weighted by atomic mass is 10.3. The lowest BCUT2D eigenvalue weighted by Gasteiger charge is -1.89. The molecule has 0 aliphatic rings. The van der Waals surface area contributed by atoms with E-state index < -0.39 is 0 Å². The number of imidazole rings is 1. The van der Waals surface area contributed by atoms with E-state index in [0.29, 0.717) is 17.0 Å². The van der Waals surface area contributed by atoms with E-state index >= 15 is 0 Å². The Morgan fingerprint density at radius 2 is 2.00 bits per heavy atom. The average molecular weight is 205 g/mol. The molecule has 0 saturated carbocycles. The minimum atomic E-state index is 0.433. The van der Waals surface area contributed by atoms with Gasteiger partial charge < -0.3 is 10.7 Å². The quantitative estimate of drug-likeness (QED) is 0.644. The number of fused-ring (bicyclic) bond motifs is 1. The van der Waals surface area contributed by atoms with Gasteiger partial charge in [0.2, 0.25) is 0 Å². The largest absolute Gasteiger partial charge is 0.382 e. The first-order valence-corrected chi connectivity index (χ1v) is 4.64. The van der Waals surface area contributed by atoms with Crippen LogP contribution in [0.3, 0.4) is 0 Å². The molecular weight excluding hydrogens is 190 g/mol. The minimum Gasteiger partial charge on any atom is -0.382 e. The minimum absolute atomic E-state index is 0.433. The summed E-state index contributed by atoms with van der Waals surface area (Å²) in [5, 5.41) is 0. The van der Waals surface area contributed by atoms with Crippen LogP contribution in [0.25, 0.3) is 11.2 Å². The molecule has 0 saturated heterocycles. The van der Waals surface area contributed by atoms with Gasteiger partial charge >= 0.3 is 0 Å². The molecular formula is C10H15N5. The van der Waals surface area contributed by atoms with Gasteiger partial charge in [-0.3, -0.25) is 0 Å². The van der Waals surface area contributed by atoms with Gasteiger partial charge in [0.25, 0.3) is 0 Å². The van der Waals surface area contributed by atoms with Gasteiger partial charge in [0.1, 0.15) is 11.8 Å². The molecule has 5 heteroatoms. The van der Waals surface area contributed by atoms with Crippen LogP contribution in [-0.4, -0.2) is 19.9 Å². The SMILES string of the molecule is CC=C(C)C.Nc1ncnc2nc[nH]c12. The number of nitrogen functional groups attached to an aromatic ring is 1. The number of nitrogens with two attached hydrogens (primary N) is 1. The molecule has 0 unspecified atom stereocenters. The van der Waals surface area contributed by atoms with Gasteiger partial charge in [-0.25, -0.2) is 15.0 Å². The zero-order chi connectivity index (χ0) is 11.3. The second-order valence-corrected chi connectivity index (χ2v) is 3.23. The Bertz CT molecular complexity index is 454. The molecule has 2 aromatic rings. The molecule has 0 radical (unpaired) electrons. The number of rotatable bonds is 0. The van der Waals surface area contributed by atoms with Crippen molar-refractivity contribution in [2.24, 2.45) is 0 Å². The highest BCUT2D eigenvalue weighted by atomic mass is 15.0. The van der Waals surface area contributed by atoms with Crippen molar-refractivity contribution in [1.82, 2.24) is 19.9 Å². The summed E-state index contributed by atoms with van der Waals surface area (Å²) in [6.45, 7) is 6.20. The summed E-state index contributed by atoms with van der Waals surface area (Å²) < 4.78 is 0. The van der Waals surface area contributed by atoms with Crippen molar-refractivity contribution in [2.75, 3.05) is 5.73 Å². The predicted molar refractivity (Wildman–Crippen MR) is 61.2 cm³/mol. The van der Waals surface area contributed by atoms with E-state index in [-0.39, 0.29) is 0 Å². The molecule has 5 nitrogen and oxygen atoms in total. The molecule has 2 aromatic heterocycles. The number of aromatic nitrogens is 4. The molecule has 0 spiro atoms. The first-order valence-electron chi connectivity index (χ1n) is 4.64. The van der Waals surface area contributed by atoms with Crippen LogP contribution < -0.4 is 5.73 Å². The highest BCUT2D eigenvalue weighted by Crippen LogP contribution is 2.09. The molecule has 2 heterocycles. The molecule has 0 fully saturated rings. The normalized spacial score (nSPS) is 9.27. The predicted octanol–water partition coefficient (Wildman–Crippen LogP) is 1.91. The zero-order valence-electron chi connectivity index (χ0n) is 9.15. The Balaban J connectivity index is 0.000000195. The van der Waals surface area contributed by atoms with E-state index in [0.717, 1.165) is 0 Å². The number of aromatic amines is 1. The Morgan fingerprint density at radius 1 is 1.33 bits per heavy atom. The van der Waals surface area contributed by atoms with E-state index in [1.165, 1.54) is 18.2 Å². The van der Waals surface area contributed by atoms with Gasteiger partial charge in [-0.15, -0.1) is 0 Å². The second-order valence-electron chi connectivity index (χ2n) is 3.23. The van der Waals surface area contributed by atoms with Crippen molar-refractivity contribution < 1.29 is 0 Å². The Kier molecular flexibility index (Phi) is 3.79. The van der Waals surface area contributed by atoms with Crippen LogP contribution >= 0.6 is 0 Å². The van der Waals surface area contributed by atoms with Crippen molar-refractivity contribution >= 4 is 17.0 Å². The maximum Gasteiger partial charge on any atom is 0.182 e. The lowest BCUT2D eigenvalue weighted by molar-refractivity contribution is 1.21. The molecule has 0 aromatic carbocycles. The van der Waals surface area contributed by atoms with Crippen LogP contribution in [0, 0.1) is 0 Å². The van der Waals surface area contributed by atoms with Gasteiger partial charge in [-0.1, -0.05) is 11.6 Å². The smallest absolute Gasteiger partial charge is 0.182 e. The third-order valence-electron chi connectivity index (χ3n) is 1.83. The Hall–Kier alpha value is -1.91. The fraction of sp³-hybridized carbons (Fsp3) is 0.300. The van der Waals surface area contributed by atoms with Crippen molar-refractivity contribution in [3.05, 3.63) is 24.3 Å². The number of allylic oxidation sites excluding steroid dienone is 2. The van der Waals surface area contributed by atoms with Gasteiger partial charge in [-0.05, 0) is 20.8 Å². The summed E-state index contributed by atoms with van der Waals surface area (Å²) in [7, 11) is 0. The van der Waals surface area contributed by atoms with Crippen molar-refractivity contribution in [1.29, 1.82) is 0 Å². The first kappa shape index (κ1) is 11.2. The van der Waals surface area contributed by atoms with Crippen LogP contribution in [0.4, 0.5) is 5.82 Å². The van der Waals surface area contributed by atoms with Crippen molar-refractivity contribution in [3.63, 3.8) is 0 Å². The number of nitrogens with zero attached hydrogens (tertiary/aromatic N) is 3. The van der Waals surface area contributed by atoms with E-state index in [4.69, 9.17) is 5.73 Å². The van der Waals surface area contributed by atoms with Gasteiger partial charge in [-0.2, -0.15) is 0 Å². The van der Waals surface area contributed by atoms with Crippen LogP contribution in [0.1, 0.15) is 20.8 Å². The third-order valence-corrected chi connectivity index (χ3v) is 1.83. The molecule has 15 heavy (non-hydrogen) atoms. The summed E-state index contributed by atoms with van der Waals surface area (Å²) in [6.07, 6.45) is 5.01. The number of H-pyrrole nitrogens is 1. The van der Waals surface area contributed by atoms with E-state index in [1.807, 2.05) is 6.92 Å². The summed E-state index contributed by atoms with van der Waals surface area (Å²) >= 11 is 0. The van der Waals surface area contributed by atoms with Crippen LogP contribution in [0.15, 0.2) is 24.3 Å². The van der Waals surface area contributed by atoms with E-state index in [2.05, 4.69) is 39.9 Å². The van der Waals surface area contributed by atoms with Crippen LogP contribution in [0.5, 0.6) is 0 Å². The van der Waals surface area contributed by atoms with E-state index in [9.17, 15) is 0 Å². The monoisotopic (exact) mass is 205 g/mol. The van der Waals surface area contributed by atoms with Crippen LogP contribution in [0.2, 0.25) is 0 Å². The maximum absolute atomic E-state index is 5.48. The lowest BCUT2D eigenvalue weighted by Crippen LogP contribution is -1.91. The van der Waals surface area contributed by atoms with E-state index in [1.54, 1.807) is 0 Å². The topological polar surface area (TPSA) is 80.5 Å².